The molecule has 4 aromatic rings. The fourth-order valence-corrected chi connectivity index (χ4v) is 4.42. The number of anilines is 1. The molecular formula is C22H22BrN5O2. The van der Waals surface area contributed by atoms with E-state index in [9.17, 15) is 9.59 Å². The summed E-state index contributed by atoms with van der Waals surface area (Å²) in [6, 6.07) is 16.0. The molecular weight excluding hydrogens is 446 g/mol. The average Bonchev–Trinajstić information content (AvgIpc) is 3.13. The molecule has 0 spiro atoms. The van der Waals surface area contributed by atoms with Crippen molar-refractivity contribution >= 4 is 43.6 Å². The van der Waals surface area contributed by atoms with Gasteiger partial charge in [-0.25, -0.2) is 4.79 Å². The minimum Gasteiger partial charge on any atom is -0.369 e. The van der Waals surface area contributed by atoms with Crippen LogP contribution in [0.5, 0.6) is 0 Å². The molecule has 154 valence electrons. The van der Waals surface area contributed by atoms with Crippen molar-refractivity contribution in [2.24, 2.45) is 0 Å². The number of nitrogens with one attached hydrogen (secondary N) is 2. The number of benzene rings is 2. The summed E-state index contributed by atoms with van der Waals surface area (Å²) < 4.78 is 2.38. The first-order valence-electron chi connectivity index (χ1n) is 10.1. The van der Waals surface area contributed by atoms with E-state index in [0.29, 0.717) is 24.1 Å². The molecule has 1 aliphatic heterocycles. The molecule has 0 aliphatic carbocycles. The predicted molar refractivity (Wildman–Crippen MR) is 123 cm³/mol. The van der Waals surface area contributed by atoms with Gasteiger partial charge in [0.1, 0.15) is 5.52 Å². The summed E-state index contributed by atoms with van der Waals surface area (Å²) in [4.78, 5) is 36.2. The van der Waals surface area contributed by atoms with E-state index in [0.717, 1.165) is 41.6 Å². The van der Waals surface area contributed by atoms with Gasteiger partial charge in [0.25, 0.3) is 5.56 Å². The molecule has 7 nitrogen and oxygen atoms in total. The zero-order valence-electron chi connectivity index (χ0n) is 16.4. The van der Waals surface area contributed by atoms with Gasteiger partial charge in [-0.3, -0.25) is 14.3 Å². The third kappa shape index (κ3) is 3.46. The maximum atomic E-state index is 12.9. The van der Waals surface area contributed by atoms with Crippen LogP contribution in [-0.2, 0) is 6.54 Å². The van der Waals surface area contributed by atoms with Crippen molar-refractivity contribution in [3.05, 3.63) is 73.8 Å². The summed E-state index contributed by atoms with van der Waals surface area (Å²) in [6.07, 6.45) is 0. The summed E-state index contributed by atoms with van der Waals surface area (Å²) >= 11 is 3.47. The Kier molecular flexibility index (Phi) is 4.96. The van der Waals surface area contributed by atoms with Crippen molar-refractivity contribution in [1.29, 1.82) is 0 Å². The van der Waals surface area contributed by atoms with Crippen molar-refractivity contribution in [2.75, 3.05) is 37.6 Å². The predicted octanol–water partition coefficient (Wildman–Crippen LogP) is 2.76. The summed E-state index contributed by atoms with van der Waals surface area (Å²) in [7, 11) is 0. The summed E-state index contributed by atoms with van der Waals surface area (Å²) in [5.74, 6) is 0. The first kappa shape index (κ1) is 19.1. The van der Waals surface area contributed by atoms with E-state index in [2.05, 4.69) is 60.0 Å². The molecule has 2 aromatic heterocycles. The van der Waals surface area contributed by atoms with Gasteiger partial charge in [0.15, 0.2) is 0 Å². The molecule has 5 rings (SSSR count). The first-order chi connectivity index (χ1) is 14.6. The maximum absolute atomic E-state index is 12.9. The van der Waals surface area contributed by atoms with Gasteiger partial charge < -0.3 is 14.9 Å². The lowest BCUT2D eigenvalue weighted by Gasteiger charge is -2.36. The van der Waals surface area contributed by atoms with Crippen LogP contribution in [0, 0.1) is 0 Å². The zero-order chi connectivity index (χ0) is 20.7. The first-order valence-corrected chi connectivity index (χ1v) is 10.9. The zero-order valence-corrected chi connectivity index (χ0v) is 18.0. The fraction of sp³-hybridized carbons (Fsp3) is 0.273. The number of H-pyrrole nitrogens is 2. The standard InChI is InChI=1S/C22H22BrN5O2/c23-15-5-7-16(8-6-15)27-12-9-26(10-13-27)11-14-28-21(29)20-19(25-22(28)30)17-3-1-2-4-18(17)24-20/h1-8,24H,9-14H2,(H,25,30). The van der Waals surface area contributed by atoms with Crippen LogP contribution in [0.3, 0.4) is 0 Å². The highest BCUT2D eigenvalue weighted by molar-refractivity contribution is 9.10. The van der Waals surface area contributed by atoms with Gasteiger partial charge in [-0.15, -0.1) is 0 Å². The lowest BCUT2D eigenvalue weighted by Crippen LogP contribution is -2.48. The second kappa shape index (κ2) is 7.77. The summed E-state index contributed by atoms with van der Waals surface area (Å²) in [5, 5.41) is 0.859. The molecule has 0 amide bonds. The van der Waals surface area contributed by atoms with Gasteiger partial charge >= 0.3 is 5.69 Å². The van der Waals surface area contributed by atoms with Crippen LogP contribution in [0.1, 0.15) is 0 Å². The van der Waals surface area contributed by atoms with Crippen molar-refractivity contribution in [3.63, 3.8) is 0 Å². The van der Waals surface area contributed by atoms with Crippen LogP contribution in [0.15, 0.2) is 62.6 Å². The smallest absolute Gasteiger partial charge is 0.328 e. The molecule has 1 fully saturated rings. The molecule has 2 aromatic carbocycles. The Morgan fingerprint density at radius 3 is 2.33 bits per heavy atom. The Balaban J connectivity index is 1.30. The quantitative estimate of drug-likeness (QED) is 0.483. The molecule has 0 radical (unpaired) electrons. The molecule has 0 bridgehead atoms. The lowest BCUT2D eigenvalue weighted by molar-refractivity contribution is 0.246. The van der Waals surface area contributed by atoms with E-state index in [1.807, 2.05) is 24.3 Å². The molecule has 30 heavy (non-hydrogen) atoms. The van der Waals surface area contributed by atoms with E-state index in [-0.39, 0.29) is 11.2 Å². The third-order valence-electron chi connectivity index (χ3n) is 5.85. The molecule has 2 N–H and O–H groups in total. The molecule has 1 aliphatic rings. The monoisotopic (exact) mass is 467 g/mol. The highest BCUT2D eigenvalue weighted by atomic mass is 79.9. The highest BCUT2D eigenvalue weighted by Crippen LogP contribution is 2.21. The van der Waals surface area contributed by atoms with E-state index in [4.69, 9.17) is 0 Å². The molecule has 1 saturated heterocycles. The third-order valence-corrected chi connectivity index (χ3v) is 6.37. The second-order valence-corrected chi connectivity index (χ2v) is 8.53. The van der Waals surface area contributed by atoms with Crippen LogP contribution < -0.4 is 16.1 Å². The fourth-order valence-electron chi connectivity index (χ4n) is 4.16. The Hall–Kier alpha value is -2.84. The Bertz CT molecular complexity index is 1310. The van der Waals surface area contributed by atoms with Gasteiger partial charge in [-0.05, 0) is 30.3 Å². The number of nitrogens with zero attached hydrogens (tertiary/aromatic N) is 3. The second-order valence-electron chi connectivity index (χ2n) is 7.61. The van der Waals surface area contributed by atoms with E-state index in [1.165, 1.54) is 10.3 Å². The van der Waals surface area contributed by atoms with Crippen LogP contribution in [0.2, 0.25) is 0 Å². The number of rotatable bonds is 4. The molecule has 0 unspecified atom stereocenters. The Labute approximate surface area is 181 Å². The molecule has 3 heterocycles. The van der Waals surface area contributed by atoms with Gasteiger partial charge in [0.05, 0.1) is 5.52 Å². The van der Waals surface area contributed by atoms with Gasteiger partial charge in [-0.2, -0.15) is 0 Å². The van der Waals surface area contributed by atoms with Crippen molar-refractivity contribution < 1.29 is 0 Å². The van der Waals surface area contributed by atoms with Crippen LogP contribution >= 0.6 is 15.9 Å². The van der Waals surface area contributed by atoms with Crippen LogP contribution in [0.4, 0.5) is 5.69 Å². The number of hydrogen-bond acceptors (Lipinski definition) is 4. The summed E-state index contributed by atoms with van der Waals surface area (Å²) in [6.45, 7) is 4.69. The molecule has 0 atom stereocenters. The Morgan fingerprint density at radius 2 is 1.57 bits per heavy atom. The maximum Gasteiger partial charge on any atom is 0.328 e. The minimum atomic E-state index is -0.356. The lowest BCUT2D eigenvalue weighted by atomic mass is 10.2. The number of hydrogen-bond donors (Lipinski definition) is 2. The normalized spacial score (nSPS) is 15.3. The number of aromatic nitrogens is 3. The highest BCUT2D eigenvalue weighted by Gasteiger charge is 2.18. The number of aromatic amines is 2. The summed E-state index contributed by atoms with van der Waals surface area (Å²) in [5.41, 5.74) is 2.48. The topological polar surface area (TPSA) is 77.1 Å². The SMILES string of the molecule is O=c1[nH]c2c([nH]c3ccccc32)c(=O)n1CCN1CCN(c2ccc(Br)cc2)CC1. The Morgan fingerprint density at radius 1 is 0.833 bits per heavy atom. The molecule has 8 heteroatoms. The van der Waals surface area contributed by atoms with E-state index < -0.39 is 0 Å². The van der Waals surface area contributed by atoms with Gasteiger partial charge in [0, 0.05) is 60.3 Å². The number of fused-ring (bicyclic) bond motifs is 3. The largest absolute Gasteiger partial charge is 0.369 e. The van der Waals surface area contributed by atoms with Gasteiger partial charge in [-0.1, -0.05) is 34.1 Å². The number of halogens is 1. The molecule has 0 saturated carbocycles. The van der Waals surface area contributed by atoms with Gasteiger partial charge in [0.2, 0.25) is 0 Å². The number of para-hydroxylation sites is 1. The van der Waals surface area contributed by atoms with Crippen molar-refractivity contribution in [1.82, 2.24) is 19.4 Å². The van der Waals surface area contributed by atoms with Crippen LogP contribution in [-0.4, -0.2) is 52.2 Å². The van der Waals surface area contributed by atoms with E-state index in [1.54, 1.807) is 0 Å². The van der Waals surface area contributed by atoms with E-state index >= 15 is 0 Å². The number of piperazine rings is 1. The van der Waals surface area contributed by atoms with Crippen molar-refractivity contribution in [2.45, 2.75) is 6.54 Å². The van der Waals surface area contributed by atoms with Crippen molar-refractivity contribution in [3.8, 4) is 0 Å². The minimum absolute atomic E-state index is 0.265. The average molecular weight is 468 g/mol. The van der Waals surface area contributed by atoms with Crippen LogP contribution in [0.25, 0.3) is 21.9 Å².